The number of hydrogen-bond donors (Lipinski definition) is 2. The number of carbonyl (C=O) groups is 2. The van der Waals surface area contributed by atoms with Crippen LogP contribution in [0.2, 0.25) is 0 Å². The fourth-order valence-corrected chi connectivity index (χ4v) is 11.5. The number of esters is 1. The van der Waals surface area contributed by atoms with Crippen molar-refractivity contribution in [3.63, 3.8) is 0 Å². The van der Waals surface area contributed by atoms with Crippen LogP contribution in [0.15, 0.2) is 77.6 Å². The minimum Gasteiger partial charge on any atom is -0.488 e. The summed E-state index contributed by atoms with van der Waals surface area (Å²) in [6.07, 6.45) is 3.00. The van der Waals surface area contributed by atoms with Gasteiger partial charge in [-0.25, -0.2) is 9.78 Å². The smallest absolute Gasteiger partial charge is 0.343 e. The second-order valence-electron chi connectivity index (χ2n) is 19.7. The molecule has 0 radical (unpaired) electrons. The second-order valence-corrected chi connectivity index (χ2v) is 19.7. The van der Waals surface area contributed by atoms with Crippen LogP contribution >= 0.6 is 0 Å². The highest BCUT2D eigenvalue weighted by Crippen LogP contribution is 2.41. The number of likely N-dealkylation sites (N-methyl/N-ethyl adjacent to an activating group) is 1. The van der Waals surface area contributed by atoms with E-state index in [1.807, 2.05) is 6.07 Å². The molecule has 6 aromatic rings. The van der Waals surface area contributed by atoms with Crippen molar-refractivity contribution in [2.24, 2.45) is 0 Å². The van der Waals surface area contributed by atoms with Crippen molar-refractivity contribution < 1.29 is 34.0 Å². The molecular formula is C55H57N9O8. The highest BCUT2D eigenvalue weighted by molar-refractivity contribution is 5.97. The lowest BCUT2D eigenvalue weighted by Crippen LogP contribution is -2.56. The number of nitriles is 1. The Bertz CT molecular complexity index is 3330. The molecule has 2 N–H and O–H groups in total. The van der Waals surface area contributed by atoms with Crippen LogP contribution < -0.4 is 24.8 Å². The molecule has 3 atom stereocenters. The van der Waals surface area contributed by atoms with Gasteiger partial charge in [0, 0.05) is 76.5 Å². The first kappa shape index (κ1) is 47.0. The number of aryl methyl sites for hydroxylation is 1. The van der Waals surface area contributed by atoms with Crippen LogP contribution in [0.25, 0.3) is 33.1 Å². The number of hydrogen-bond acceptors (Lipinski definition) is 15. The lowest BCUT2D eigenvalue weighted by molar-refractivity contribution is -0.172. The van der Waals surface area contributed by atoms with Gasteiger partial charge in [-0.3, -0.25) is 9.59 Å². The quantitative estimate of drug-likeness (QED) is 0.116. The third kappa shape index (κ3) is 7.98. The van der Waals surface area contributed by atoms with Crippen LogP contribution in [-0.4, -0.2) is 116 Å². The van der Waals surface area contributed by atoms with Crippen LogP contribution in [0, 0.1) is 18.3 Å². The van der Waals surface area contributed by atoms with E-state index in [2.05, 4.69) is 77.7 Å². The number of carbonyl (C=O) groups excluding carboxylic acids is 2. The van der Waals surface area contributed by atoms with Crippen molar-refractivity contribution in [1.29, 1.82) is 5.26 Å². The SMILES string of the molecule is C=C(COc1ccc2nc3c(cc2c1CO)Cn1c-3cc2c(c1=O)COC(=O)[C@]2(O)CC)C(=O)N1CCN(c2nc(OC[C@@H]3CCCN3C)nc3c2CCN(c2cccc4cccc(C)c24)C3)C[C@@H]1CC#N. The Balaban J connectivity index is 0.815. The topological polar surface area (TPSA) is 200 Å². The van der Waals surface area contributed by atoms with Crippen LogP contribution in [0.5, 0.6) is 11.8 Å². The number of piperazine rings is 1. The molecule has 1 amide bonds. The summed E-state index contributed by atoms with van der Waals surface area (Å²) in [6, 6.07) is 22.2. The molecule has 3 aromatic heterocycles. The molecule has 17 heteroatoms. The van der Waals surface area contributed by atoms with Gasteiger partial charge < -0.3 is 48.6 Å². The van der Waals surface area contributed by atoms with Crippen molar-refractivity contribution in [2.75, 3.05) is 62.8 Å². The summed E-state index contributed by atoms with van der Waals surface area (Å²) in [5, 5.41) is 35.1. The van der Waals surface area contributed by atoms with Gasteiger partial charge in [0.25, 0.3) is 11.5 Å². The van der Waals surface area contributed by atoms with Gasteiger partial charge in [-0.2, -0.15) is 15.2 Å². The summed E-state index contributed by atoms with van der Waals surface area (Å²) in [5.41, 5.74) is 5.37. The first-order valence-electron chi connectivity index (χ1n) is 24.8. The van der Waals surface area contributed by atoms with Gasteiger partial charge in [-0.1, -0.05) is 43.8 Å². The van der Waals surface area contributed by atoms with Gasteiger partial charge in [-0.15, -0.1) is 0 Å². The number of fused-ring (bicyclic) bond motifs is 7. The Kier molecular flexibility index (Phi) is 12.2. The number of amides is 1. The maximum absolute atomic E-state index is 14.3. The van der Waals surface area contributed by atoms with E-state index in [9.17, 15) is 29.9 Å². The number of benzene rings is 3. The fraction of sp³-hybridized carbons (Fsp3) is 0.400. The molecule has 0 spiro atoms. The number of aliphatic hydroxyl groups excluding tert-OH is 1. The Morgan fingerprint density at radius 2 is 1.82 bits per heavy atom. The van der Waals surface area contributed by atoms with Gasteiger partial charge in [0.2, 0.25) is 0 Å². The number of nitrogens with zero attached hydrogens (tertiary/aromatic N) is 9. The van der Waals surface area contributed by atoms with Crippen LogP contribution in [0.4, 0.5) is 11.5 Å². The first-order chi connectivity index (χ1) is 34.9. The predicted octanol–water partition coefficient (Wildman–Crippen LogP) is 5.43. The van der Waals surface area contributed by atoms with E-state index < -0.39 is 24.2 Å². The van der Waals surface area contributed by atoms with Gasteiger partial charge in [0.1, 0.15) is 31.4 Å². The summed E-state index contributed by atoms with van der Waals surface area (Å²) in [4.78, 5) is 64.3. The lowest BCUT2D eigenvalue weighted by Gasteiger charge is -2.42. The highest BCUT2D eigenvalue weighted by Gasteiger charge is 2.45. The number of likely N-dealkylation sites (tertiary alicyclic amines) is 1. The molecule has 370 valence electrons. The molecule has 3 aromatic carbocycles. The average molecular weight is 972 g/mol. The van der Waals surface area contributed by atoms with Crippen molar-refractivity contribution in [3.8, 4) is 29.2 Å². The second kappa shape index (κ2) is 18.7. The molecule has 5 aliphatic heterocycles. The number of aromatic nitrogens is 4. The summed E-state index contributed by atoms with van der Waals surface area (Å²) in [7, 11) is 2.12. The molecule has 2 fully saturated rings. The van der Waals surface area contributed by atoms with Gasteiger partial charge >= 0.3 is 12.0 Å². The molecular weight excluding hydrogens is 915 g/mol. The third-order valence-electron chi connectivity index (χ3n) is 15.5. The number of cyclic esters (lactones) is 1. The van der Waals surface area contributed by atoms with Gasteiger partial charge in [0.15, 0.2) is 5.60 Å². The van der Waals surface area contributed by atoms with Crippen molar-refractivity contribution in [1.82, 2.24) is 29.3 Å². The minimum atomic E-state index is -1.94. The van der Waals surface area contributed by atoms with Crippen molar-refractivity contribution in [3.05, 3.63) is 122 Å². The summed E-state index contributed by atoms with van der Waals surface area (Å²) in [6.45, 7) is 11.3. The number of anilines is 2. The predicted molar refractivity (Wildman–Crippen MR) is 270 cm³/mol. The van der Waals surface area contributed by atoms with E-state index in [1.165, 1.54) is 22.0 Å². The Morgan fingerprint density at radius 3 is 2.60 bits per heavy atom. The van der Waals surface area contributed by atoms with Crippen LogP contribution in [0.1, 0.15) is 71.7 Å². The highest BCUT2D eigenvalue weighted by atomic mass is 16.6. The third-order valence-corrected chi connectivity index (χ3v) is 15.5. The molecule has 0 saturated carbocycles. The number of rotatable bonds is 12. The molecule has 2 saturated heterocycles. The Labute approximate surface area is 416 Å². The van der Waals surface area contributed by atoms with Crippen LogP contribution in [0.3, 0.4) is 0 Å². The maximum atomic E-state index is 14.3. The zero-order valence-electron chi connectivity index (χ0n) is 40.8. The molecule has 5 aliphatic rings. The molecule has 11 rings (SSSR count). The number of ether oxygens (including phenoxy) is 3. The molecule has 72 heavy (non-hydrogen) atoms. The molecule has 0 aliphatic carbocycles. The van der Waals surface area contributed by atoms with E-state index in [0.29, 0.717) is 84.4 Å². The molecule has 0 bridgehead atoms. The summed E-state index contributed by atoms with van der Waals surface area (Å²) in [5.74, 6) is -0.00523. The minimum absolute atomic E-state index is 0.0340. The number of pyridine rings is 2. The van der Waals surface area contributed by atoms with Gasteiger partial charge in [0.05, 0.1) is 66.4 Å². The zero-order valence-corrected chi connectivity index (χ0v) is 40.8. The standard InChI is InChI=1S/C55H57N9O8/c1-5-55(69)42-24-46-49-35(25-64(46)52(67)41(42)31-71-53(55)68)23-39-40(28-65)47(15-14-43(39)57-49)70-29-33(3)51(66)63-22-21-62(26-36(63)16-18-56)50-38-17-20-61(45-13-7-11-34-10-6-9-32(2)48(34)45)27-44(38)58-54(59-50)72-30-37-12-8-19-60(37)4/h6-7,9-11,13-15,23-24,36-37,65,69H,3,5,8,12,16-17,19-22,25-31H2,1-2,4H3/t36-,37-,55-/m0/s1. The molecule has 0 unspecified atom stereocenters. The van der Waals surface area contributed by atoms with E-state index in [-0.39, 0.29) is 66.8 Å². The average Bonchev–Trinajstić information content (AvgIpc) is 3.98. The Hall–Kier alpha value is -7.39. The molecule has 17 nitrogen and oxygen atoms in total. The van der Waals surface area contributed by atoms with E-state index in [1.54, 1.807) is 34.6 Å². The summed E-state index contributed by atoms with van der Waals surface area (Å²) >= 11 is 0. The zero-order chi connectivity index (χ0) is 50.0. The van der Waals surface area contributed by atoms with E-state index >= 15 is 0 Å². The molecule has 8 heterocycles. The van der Waals surface area contributed by atoms with E-state index in [0.717, 1.165) is 43.0 Å². The normalized spacial score (nSPS) is 20.4. The van der Waals surface area contributed by atoms with Crippen molar-refractivity contribution >= 4 is 45.1 Å². The monoisotopic (exact) mass is 971 g/mol. The van der Waals surface area contributed by atoms with Crippen LogP contribution in [-0.2, 0) is 52.7 Å². The van der Waals surface area contributed by atoms with Crippen molar-refractivity contribution in [2.45, 2.75) is 89.9 Å². The lowest BCUT2D eigenvalue weighted by atomic mass is 9.86. The number of aliphatic hydroxyl groups is 2. The summed E-state index contributed by atoms with van der Waals surface area (Å²) < 4.78 is 19.4. The fourth-order valence-electron chi connectivity index (χ4n) is 11.5. The Morgan fingerprint density at radius 1 is 0.986 bits per heavy atom. The van der Waals surface area contributed by atoms with E-state index in [4.69, 9.17) is 29.2 Å². The first-order valence-corrected chi connectivity index (χ1v) is 24.8. The van der Waals surface area contributed by atoms with Gasteiger partial charge in [-0.05, 0) is 87.5 Å². The maximum Gasteiger partial charge on any atom is 0.343 e. The largest absolute Gasteiger partial charge is 0.488 e.